The molecule has 2 N–H and O–H groups in total. The fourth-order valence-electron chi connectivity index (χ4n) is 2.79. The van der Waals surface area contributed by atoms with E-state index in [-0.39, 0.29) is 11.7 Å². The average molecular weight is 318 g/mol. The van der Waals surface area contributed by atoms with Gasteiger partial charge in [0.25, 0.3) is 5.91 Å². The maximum absolute atomic E-state index is 12.5. The zero-order chi connectivity index (χ0) is 17.1. The molecule has 0 aliphatic heterocycles. The number of benzene rings is 2. The highest BCUT2D eigenvalue weighted by Gasteiger charge is 2.21. The third-order valence-electron chi connectivity index (χ3n) is 3.88. The molecule has 1 heterocycles. The zero-order valence-corrected chi connectivity index (χ0v) is 13.6. The van der Waals surface area contributed by atoms with Crippen molar-refractivity contribution in [3.63, 3.8) is 0 Å². The van der Waals surface area contributed by atoms with Crippen LogP contribution in [0.4, 0.5) is 5.69 Å². The van der Waals surface area contributed by atoms with Crippen molar-refractivity contribution in [1.29, 1.82) is 0 Å². The molecule has 0 atom stereocenters. The fourth-order valence-corrected chi connectivity index (χ4v) is 2.79. The average Bonchev–Trinajstić information content (AvgIpc) is 2.92. The summed E-state index contributed by atoms with van der Waals surface area (Å²) >= 11 is 0. The van der Waals surface area contributed by atoms with E-state index in [4.69, 9.17) is 0 Å². The van der Waals surface area contributed by atoms with Crippen LogP contribution in [0.25, 0.3) is 11.3 Å². The Balaban J connectivity index is 2.08. The van der Waals surface area contributed by atoms with Gasteiger partial charge in [-0.15, -0.1) is 0 Å². The first-order valence-corrected chi connectivity index (χ1v) is 7.73. The molecule has 0 bridgehead atoms. The van der Waals surface area contributed by atoms with E-state index in [0.717, 1.165) is 17.0 Å². The van der Waals surface area contributed by atoms with Crippen LogP contribution in [0.2, 0.25) is 0 Å². The molecule has 0 unspecified atom stereocenters. The Morgan fingerprint density at radius 3 is 2.08 bits per heavy atom. The molecule has 0 spiro atoms. The van der Waals surface area contributed by atoms with Crippen LogP contribution >= 0.6 is 0 Å². The first kappa shape index (κ1) is 15.7. The third kappa shape index (κ3) is 2.99. The lowest BCUT2D eigenvalue weighted by Gasteiger charge is -2.09. The van der Waals surface area contributed by atoms with Crippen LogP contribution < -0.4 is 5.32 Å². The second kappa shape index (κ2) is 6.54. The smallest absolute Gasteiger partial charge is 0.255 e. The predicted octanol–water partition coefficient (Wildman–Crippen LogP) is 4.45. The number of nitrogens with one attached hydrogen (secondary N) is 2. The van der Waals surface area contributed by atoms with Gasteiger partial charge in [-0.25, -0.2) is 0 Å². The Kier molecular flexibility index (Phi) is 4.29. The van der Waals surface area contributed by atoms with E-state index in [1.54, 1.807) is 24.3 Å². The van der Waals surface area contributed by atoms with E-state index in [9.17, 15) is 9.59 Å². The van der Waals surface area contributed by atoms with Gasteiger partial charge in [0.1, 0.15) is 0 Å². The number of amides is 1. The molecule has 0 saturated carbocycles. The van der Waals surface area contributed by atoms with Crippen LogP contribution in [0, 0.1) is 6.92 Å². The summed E-state index contributed by atoms with van der Waals surface area (Å²) in [6, 6.07) is 18.6. The van der Waals surface area contributed by atoms with E-state index >= 15 is 0 Å². The molecule has 24 heavy (non-hydrogen) atoms. The fraction of sp³-hybridized carbons (Fsp3) is 0.100. The third-order valence-corrected chi connectivity index (χ3v) is 3.88. The number of hydrogen-bond acceptors (Lipinski definition) is 2. The lowest BCUT2D eigenvalue weighted by molar-refractivity contribution is 0.101. The summed E-state index contributed by atoms with van der Waals surface area (Å²) in [5.74, 6) is -0.330. The van der Waals surface area contributed by atoms with Crippen LogP contribution in [-0.2, 0) is 0 Å². The van der Waals surface area contributed by atoms with Gasteiger partial charge in [-0.3, -0.25) is 9.59 Å². The van der Waals surface area contributed by atoms with E-state index < -0.39 is 0 Å². The lowest BCUT2D eigenvalue weighted by Crippen LogP contribution is -2.14. The molecule has 2 aromatic carbocycles. The molecule has 3 aromatic rings. The summed E-state index contributed by atoms with van der Waals surface area (Å²) < 4.78 is 0. The van der Waals surface area contributed by atoms with Crippen molar-refractivity contribution >= 4 is 17.4 Å². The molecular formula is C20H18N2O2. The molecule has 0 fully saturated rings. The predicted molar refractivity (Wildman–Crippen MR) is 95.4 cm³/mol. The standard InChI is InChI=1S/C20H18N2O2/c1-13-17(14(2)23)19(18(21-13)15-9-5-3-6-10-15)22-20(24)16-11-7-4-8-12-16/h3-12,21H,1-2H3,(H,22,24). The van der Waals surface area contributed by atoms with Crippen molar-refractivity contribution in [1.82, 2.24) is 4.98 Å². The number of Topliss-reactive ketones (excluding diaryl/α,β-unsaturated/α-hetero) is 1. The van der Waals surface area contributed by atoms with Gasteiger partial charge in [0.05, 0.1) is 16.9 Å². The minimum Gasteiger partial charge on any atom is -0.356 e. The van der Waals surface area contributed by atoms with Crippen LogP contribution in [0.5, 0.6) is 0 Å². The minimum absolute atomic E-state index is 0.0886. The highest BCUT2D eigenvalue weighted by molar-refractivity contribution is 6.12. The van der Waals surface area contributed by atoms with Crippen molar-refractivity contribution in [2.24, 2.45) is 0 Å². The molecule has 0 saturated heterocycles. The number of H-pyrrole nitrogens is 1. The summed E-state index contributed by atoms with van der Waals surface area (Å²) in [4.78, 5) is 27.9. The first-order chi connectivity index (χ1) is 11.6. The molecule has 120 valence electrons. The number of anilines is 1. The second-order valence-corrected chi connectivity index (χ2v) is 5.62. The van der Waals surface area contributed by atoms with Gasteiger partial charge in [-0.05, 0) is 26.0 Å². The van der Waals surface area contributed by atoms with Gasteiger partial charge in [0, 0.05) is 16.8 Å². The van der Waals surface area contributed by atoms with Gasteiger partial charge < -0.3 is 10.3 Å². The van der Waals surface area contributed by atoms with Gasteiger partial charge in [-0.1, -0.05) is 48.5 Å². The normalized spacial score (nSPS) is 10.4. The Hall–Kier alpha value is -3.14. The highest BCUT2D eigenvalue weighted by atomic mass is 16.1. The van der Waals surface area contributed by atoms with Gasteiger partial charge in [-0.2, -0.15) is 0 Å². The van der Waals surface area contributed by atoms with E-state index in [2.05, 4.69) is 10.3 Å². The first-order valence-electron chi connectivity index (χ1n) is 7.73. The largest absolute Gasteiger partial charge is 0.356 e. The quantitative estimate of drug-likeness (QED) is 0.698. The second-order valence-electron chi connectivity index (χ2n) is 5.62. The molecule has 4 heteroatoms. The van der Waals surface area contributed by atoms with Crippen molar-refractivity contribution in [3.05, 3.63) is 77.5 Å². The number of carbonyl (C=O) groups is 2. The number of rotatable bonds is 4. The minimum atomic E-state index is -0.241. The maximum atomic E-state index is 12.5. The molecule has 0 aliphatic rings. The van der Waals surface area contributed by atoms with Crippen molar-refractivity contribution < 1.29 is 9.59 Å². The number of ketones is 1. The Morgan fingerprint density at radius 2 is 1.50 bits per heavy atom. The van der Waals surface area contributed by atoms with Gasteiger partial charge in [0.2, 0.25) is 0 Å². The number of hydrogen-bond donors (Lipinski definition) is 2. The zero-order valence-electron chi connectivity index (χ0n) is 13.6. The number of aromatic nitrogens is 1. The van der Waals surface area contributed by atoms with Crippen molar-refractivity contribution in [2.45, 2.75) is 13.8 Å². The molecule has 0 aliphatic carbocycles. The van der Waals surface area contributed by atoms with Crippen LogP contribution in [0.1, 0.15) is 33.3 Å². The van der Waals surface area contributed by atoms with Crippen LogP contribution in [-0.4, -0.2) is 16.7 Å². The Morgan fingerprint density at radius 1 is 0.917 bits per heavy atom. The summed E-state index contributed by atoms with van der Waals surface area (Å²) in [6.07, 6.45) is 0. The number of aryl methyl sites for hydroxylation is 1. The molecular weight excluding hydrogens is 300 g/mol. The topological polar surface area (TPSA) is 62.0 Å². The number of aromatic amines is 1. The SMILES string of the molecule is CC(=O)c1c(C)[nH]c(-c2ccccc2)c1NC(=O)c1ccccc1. The number of carbonyl (C=O) groups excluding carboxylic acids is 2. The monoisotopic (exact) mass is 318 g/mol. The van der Waals surface area contributed by atoms with Gasteiger partial charge >= 0.3 is 0 Å². The van der Waals surface area contributed by atoms with E-state index in [1.807, 2.05) is 43.3 Å². The summed E-state index contributed by atoms with van der Waals surface area (Å²) in [5.41, 5.74) is 3.98. The molecule has 1 amide bonds. The Labute approximate surface area is 140 Å². The summed E-state index contributed by atoms with van der Waals surface area (Å²) in [7, 11) is 0. The van der Waals surface area contributed by atoms with Crippen molar-refractivity contribution in [3.8, 4) is 11.3 Å². The summed E-state index contributed by atoms with van der Waals surface area (Å²) in [5, 5.41) is 2.91. The Bertz CT molecular complexity index is 881. The molecule has 1 aromatic heterocycles. The van der Waals surface area contributed by atoms with Crippen LogP contribution in [0.3, 0.4) is 0 Å². The molecule has 3 rings (SSSR count). The molecule has 4 nitrogen and oxygen atoms in total. The van der Waals surface area contributed by atoms with E-state index in [0.29, 0.717) is 16.8 Å². The van der Waals surface area contributed by atoms with Gasteiger partial charge in [0.15, 0.2) is 5.78 Å². The maximum Gasteiger partial charge on any atom is 0.255 e. The lowest BCUT2D eigenvalue weighted by atomic mass is 10.1. The highest BCUT2D eigenvalue weighted by Crippen LogP contribution is 2.33. The molecule has 0 radical (unpaired) electrons. The van der Waals surface area contributed by atoms with Crippen molar-refractivity contribution in [2.75, 3.05) is 5.32 Å². The summed E-state index contributed by atoms with van der Waals surface area (Å²) in [6.45, 7) is 3.34. The van der Waals surface area contributed by atoms with E-state index in [1.165, 1.54) is 6.92 Å². The van der Waals surface area contributed by atoms with Crippen LogP contribution in [0.15, 0.2) is 60.7 Å².